The van der Waals surface area contributed by atoms with E-state index in [1.165, 1.54) is 19.1 Å². The number of hydrogen-bond acceptors (Lipinski definition) is 4. The average Bonchev–Trinajstić information content (AvgIpc) is 2.51. The zero-order valence-corrected chi connectivity index (χ0v) is 15.7. The van der Waals surface area contributed by atoms with Crippen LogP contribution in [-0.4, -0.2) is 19.4 Å². The largest absolute Gasteiger partial charge is 0.332 e. The van der Waals surface area contributed by atoms with Crippen LogP contribution >= 0.6 is 12.2 Å². The lowest BCUT2D eigenvalue weighted by molar-refractivity contribution is -0.117. The number of sulfonamides is 1. The highest BCUT2D eigenvalue weighted by Gasteiger charge is 2.16. The Balaban J connectivity index is 2.18. The number of anilines is 2. The van der Waals surface area contributed by atoms with Crippen LogP contribution < -0.4 is 15.4 Å². The van der Waals surface area contributed by atoms with Crippen molar-refractivity contribution in [1.29, 1.82) is 0 Å². The van der Waals surface area contributed by atoms with Gasteiger partial charge in [-0.05, 0) is 61.5 Å². The molecule has 0 aromatic heterocycles. The van der Waals surface area contributed by atoms with Crippen LogP contribution in [0.4, 0.5) is 11.4 Å². The second-order valence-corrected chi connectivity index (χ2v) is 7.62. The maximum atomic E-state index is 12.6. The van der Waals surface area contributed by atoms with Gasteiger partial charge >= 0.3 is 0 Å². The highest BCUT2D eigenvalue weighted by Crippen LogP contribution is 2.24. The molecule has 132 valence electrons. The predicted molar refractivity (Wildman–Crippen MR) is 103 cm³/mol. The van der Waals surface area contributed by atoms with Gasteiger partial charge in [-0.3, -0.25) is 9.52 Å². The van der Waals surface area contributed by atoms with Crippen LogP contribution in [-0.2, 0) is 14.8 Å². The van der Waals surface area contributed by atoms with Gasteiger partial charge in [0.2, 0.25) is 5.91 Å². The molecule has 2 aromatic carbocycles. The van der Waals surface area contributed by atoms with Crippen molar-refractivity contribution in [2.45, 2.75) is 25.7 Å². The monoisotopic (exact) mass is 377 g/mol. The van der Waals surface area contributed by atoms with Crippen molar-refractivity contribution in [3.63, 3.8) is 0 Å². The molecule has 8 heteroatoms. The smallest absolute Gasteiger partial charge is 0.261 e. The molecule has 2 rings (SSSR count). The van der Waals surface area contributed by atoms with Crippen molar-refractivity contribution in [3.8, 4) is 0 Å². The van der Waals surface area contributed by atoms with Gasteiger partial charge in [0, 0.05) is 12.6 Å². The van der Waals surface area contributed by atoms with E-state index >= 15 is 0 Å². The van der Waals surface area contributed by atoms with Gasteiger partial charge < -0.3 is 10.6 Å². The van der Waals surface area contributed by atoms with Crippen LogP contribution in [0.1, 0.15) is 18.1 Å². The zero-order valence-electron chi connectivity index (χ0n) is 14.1. The van der Waals surface area contributed by atoms with Gasteiger partial charge in [0.25, 0.3) is 10.0 Å². The van der Waals surface area contributed by atoms with E-state index in [-0.39, 0.29) is 15.9 Å². The third-order valence-corrected chi connectivity index (χ3v) is 5.00. The summed E-state index contributed by atoms with van der Waals surface area (Å²) >= 11 is 4.96. The first kappa shape index (κ1) is 18.9. The van der Waals surface area contributed by atoms with E-state index in [0.717, 1.165) is 11.1 Å². The molecule has 25 heavy (non-hydrogen) atoms. The number of para-hydroxylation sites is 1. The minimum Gasteiger partial charge on any atom is -0.332 e. The highest BCUT2D eigenvalue weighted by atomic mass is 32.2. The van der Waals surface area contributed by atoms with E-state index < -0.39 is 10.0 Å². The van der Waals surface area contributed by atoms with Crippen molar-refractivity contribution in [2.24, 2.45) is 0 Å². The molecule has 0 heterocycles. The van der Waals surface area contributed by atoms with E-state index in [4.69, 9.17) is 12.2 Å². The van der Waals surface area contributed by atoms with Crippen molar-refractivity contribution in [1.82, 2.24) is 5.32 Å². The van der Waals surface area contributed by atoms with Gasteiger partial charge in [0.15, 0.2) is 5.11 Å². The number of amides is 1. The number of benzene rings is 2. The number of carbonyl (C=O) groups is 1. The second-order valence-electron chi connectivity index (χ2n) is 5.53. The van der Waals surface area contributed by atoms with Gasteiger partial charge in [0.1, 0.15) is 0 Å². The molecule has 6 nitrogen and oxygen atoms in total. The molecule has 0 fully saturated rings. The van der Waals surface area contributed by atoms with Crippen LogP contribution in [0, 0.1) is 13.8 Å². The van der Waals surface area contributed by atoms with Crippen molar-refractivity contribution in [3.05, 3.63) is 53.6 Å². The standard InChI is InChI=1S/C17H19N3O3S2/c1-11-5-4-6-12(2)16(11)20-25(22,23)15-9-7-14(8-10-15)19-17(24)18-13(3)21/h4-10,20H,1-3H3,(H2,18,19,21,24). The number of hydrogen-bond donors (Lipinski definition) is 3. The summed E-state index contributed by atoms with van der Waals surface area (Å²) in [5.41, 5.74) is 2.85. The quantitative estimate of drug-likeness (QED) is 0.713. The fraction of sp³-hybridized carbons (Fsp3) is 0.176. The van der Waals surface area contributed by atoms with Gasteiger partial charge in [-0.15, -0.1) is 0 Å². The Morgan fingerprint density at radius 1 is 1.00 bits per heavy atom. The highest BCUT2D eigenvalue weighted by molar-refractivity contribution is 7.92. The topological polar surface area (TPSA) is 87.3 Å². The Morgan fingerprint density at radius 2 is 1.56 bits per heavy atom. The van der Waals surface area contributed by atoms with Crippen molar-refractivity contribution >= 4 is 44.6 Å². The Bertz CT molecular complexity index is 887. The fourth-order valence-corrected chi connectivity index (χ4v) is 3.67. The van der Waals surface area contributed by atoms with E-state index in [0.29, 0.717) is 11.4 Å². The van der Waals surface area contributed by atoms with Gasteiger partial charge in [-0.1, -0.05) is 18.2 Å². The summed E-state index contributed by atoms with van der Waals surface area (Å²) in [5.74, 6) is -0.283. The zero-order chi connectivity index (χ0) is 18.6. The molecule has 1 amide bonds. The van der Waals surface area contributed by atoms with Gasteiger partial charge in [-0.25, -0.2) is 8.42 Å². The number of nitrogens with one attached hydrogen (secondary N) is 3. The number of rotatable bonds is 4. The molecular weight excluding hydrogens is 358 g/mol. The lowest BCUT2D eigenvalue weighted by Crippen LogP contribution is -2.32. The molecule has 2 aromatic rings. The first-order valence-corrected chi connectivity index (χ1v) is 9.36. The van der Waals surface area contributed by atoms with Crippen LogP contribution in [0.2, 0.25) is 0 Å². The molecular formula is C17H19N3O3S2. The van der Waals surface area contributed by atoms with Gasteiger partial charge in [-0.2, -0.15) is 0 Å². The molecule has 0 aliphatic heterocycles. The normalized spacial score (nSPS) is 10.8. The van der Waals surface area contributed by atoms with E-state index in [9.17, 15) is 13.2 Å². The minimum atomic E-state index is -3.70. The molecule has 0 radical (unpaired) electrons. The summed E-state index contributed by atoms with van der Waals surface area (Å²) < 4.78 is 27.8. The summed E-state index contributed by atoms with van der Waals surface area (Å²) in [6.45, 7) is 5.05. The molecule has 0 bridgehead atoms. The summed E-state index contributed by atoms with van der Waals surface area (Å²) in [6, 6.07) is 11.7. The summed E-state index contributed by atoms with van der Waals surface area (Å²) in [5, 5.41) is 5.39. The first-order valence-electron chi connectivity index (χ1n) is 7.47. The predicted octanol–water partition coefficient (Wildman–Crippen LogP) is 2.94. The lowest BCUT2D eigenvalue weighted by atomic mass is 10.1. The molecule has 0 aliphatic rings. The Kier molecular flexibility index (Phi) is 5.76. The van der Waals surface area contributed by atoms with E-state index in [1.54, 1.807) is 12.1 Å². The molecule has 0 unspecified atom stereocenters. The average molecular weight is 377 g/mol. The van der Waals surface area contributed by atoms with Crippen molar-refractivity contribution < 1.29 is 13.2 Å². The Labute approximate surface area is 152 Å². The third-order valence-electron chi connectivity index (χ3n) is 3.43. The number of carbonyl (C=O) groups excluding carboxylic acids is 1. The maximum absolute atomic E-state index is 12.6. The fourth-order valence-electron chi connectivity index (χ4n) is 2.21. The van der Waals surface area contributed by atoms with E-state index in [1.807, 2.05) is 32.0 Å². The van der Waals surface area contributed by atoms with E-state index in [2.05, 4.69) is 15.4 Å². The lowest BCUT2D eigenvalue weighted by Gasteiger charge is -2.14. The summed E-state index contributed by atoms with van der Waals surface area (Å²) in [7, 11) is -3.70. The van der Waals surface area contributed by atoms with Crippen LogP contribution in [0.3, 0.4) is 0 Å². The van der Waals surface area contributed by atoms with Crippen LogP contribution in [0.15, 0.2) is 47.4 Å². The Hall–Kier alpha value is -2.45. The second kappa shape index (κ2) is 7.62. The summed E-state index contributed by atoms with van der Waals surface area (Å²) in [6.07, 6.45) is 0. The molecule has 0 spiro atoms. The molecule has 3 N–H and O–H groups in total. The first-order chi connectivity index (χ1) is 11.7. The third kappa shape index (κ3) is 5.01. The summed E-state index contributed by atoms with van der Waals surface area (Å²) in [4.78, 5) is 11.1. The minimum absolute atomic E-state index is 0.131. The van der Waals surface area contributed by atoms with Crippen LogP contribution in [0.25, 0.3) is 0 Å². The number of aryl methyl sites for hydroxylation is 2. The SMILES string of the molecule is CC(=O)NC(=S)Nc1ccc(S(=O)(=O)Nc2c(C)cccc2C)cc1. The van der Waals surface area contributed by atoms with Gasteiger partial charge in [0.05, 0.1) is 10.6 Å². The molecule has 0 saturated carbocycles. The Morgan fingerprint density at radius 3 is 2.08 bits per heavy atom. The molecule has 0 atom stereocenters. The number of thiocarbonyl (C=S) groups is 1. The van der Waals surface area contributed by atoms with Crippen LogP contribution in [0.5, 0.6) is 0 Å². The molecule has 0 saturated heterocycles. The molecule has 0 aliphatic carbocycles. The van der Waals surface area contributed by atoms with Crippen molar-refractivity contribution in [2.75, 3.05) is 10.0 Å². The maximum Gasteiger partial charge on any atom is 0.261 e.